The first-order valence-corrected chi connectivity index (χ1v) is 4.51. The molecule has 0 radical (unpaired) electrons. The van der Waals surface area contributed by atoms with Crippen molar-refractivity contribution in [3.63, 3.8) is 0 Å². The van der Waals surface area contributed by atoms with Crippen LogP contribution in [0.4, 0.5) is 0 Å². The zero-order valence-electron chi connectivity index (χ0n) is 6.88. The Kier molecular flexibility index (Phi) is 3.05. The monoisotopic (exact) mass is 230 g/mol. The minimum absolute atomic E-state index is 0.00106. The van der Waals surface area contributed by atoms with Crippen molar-refractivity contribution in [1.29, 1.82) is 0 Å². The zero-order valence-corrected chi connectivity index (χ0v) is 8.47. The second-order valence-corrected chi connectivity index (χ2v) is 3.48. The van der Waals surface area contributed by atoms with Crippen molar-refractivity contribution in [2.45, 2.75) is 13.5 Å². The van der Waals surface area contributed by atoms with Gasteiger partial charge in [-0.05, 0) is 28.4 Å². The van der Waals surface area contributed by atoms with Crippen LogP contribution in [0.25, 0.3) is 0 Å². The Labute approximate surface area is 79.3 Å². The molecule has 1 heterocycles. The van der Waals surface area contributed by atoms with Crippen LogP contribution >= 0.6 is 15.9 Å². The molecule has 0 aliphatic carbocycles. The van der Waals surface area contributed by atoms with E-state index in [1.54, 1.807) is 16.8 Å². The first-order valence-electron chi connectivity index (χ1n) is 3.72. The standard InChI is InChI=1S/C8H11BrN2O/c1-6-4-8(12)11(3-2-10)5-7(6)9/h4-5H,2-3,10H2,1H3. The normalized spacial score (nSPS) is 10.2. The molecule has 0 atom stereocenters. The summed E-state index contributed by atoms with van der Waals surface area (Å²) in [5.74, 6) is 0. The highest BCUT2D eigenvalue weighted by molar-refractivity contribution is 9.10. The topological polar surface area (TPSA) is 48.0 Å². The minimum Gasteiger partial charge on any atom is -0.329 e. The highest BCUT2D eigenvalue weighted by Gasteiger charge is 1.99. The number of pyridine rings is 1. The average Bonchev–Trinajstić information content (AvgIpc) is 2.01. The average molecular weight is 231 g/mol. The molecule has 4 heteroatoms. The van der Waals surface area contributed by atoms with Gasteiger partial charge in [0, 0.05) is 29.8 Å². The first-order chi connectivity index (χ1) is 5.65. The third-order valence-corrected chi connectivity index (χ3v) is 2.47. The molecule has 1 rings (SSSR count). The number of hydrogen-bond acceptors (Lipinski definition) is 2. The summed E-state index contributed by atoms with van der Waals surface area (Å²) in [7, 11) is 0. The molecule has 0 aliphatic rings. The number of aryl methyl sites for hydroxylation is 1. The molecule has 1 aromatic heterocycles. The Morgan fingerprint density at radius 3 is 2.92 bits per heavy atom. The lowest BCUT2D eigenvalue weighted by Crippen LogP contribution is -2.23. The van der Waals surface area contributed by atoms with Crippen LogP contribution in [0, 0.1) is 6.92 Å². The van der Waals surface area contributed by atoms with Crippen molar-refractivity contribution >= 4 is 15.9 Å². The van der Waals surface area contributed by atoms with E-state index in [9.17, 15) is 4.79 Å². The summed E-state index contributed by atoms with van der Waals surface area (Å²) in [4.78, 5) is 11.3. The van der Waals surface area contributed by atoms with E-state index in [4.69, 9.17) is 5.73 Å². The molecule has 0 amide bonds. The minimum atomic E-state index is 0.00106. The van der Waals surface area contributed by atoms with E-state index >= 15 is 0 Å². The maximum Gasteiger partial charge on any atom is 0.250 e. The van der Waals surface area contributed by atoms with Gasteiger partial charge in [-0.25, -0.2) is 0 Å². The summed E-state index contributed by atoms with van der Waals surface area (Å²) in [6.07, 6.45) is 1.77. The number of halogens is 1. The molecular weight excluding hydrogens is 220 g/mol. The van der Waals surface area contributed by atoms with Gasteiger partial charge in [0.15, 0.2) is 0 Å². The summed E-state index contributed by atoms with van der Waals surface area (Å²) in [6.45, 7) is 2.94. The third kappa shape index (κ3) is 1.95. The smallest absolute Gasteiger partial charge is 0.250 e. The van der Waals surface area contributed by atoms with E-state index in [1.165, 1.54) is 0 Å². The Bertz CT molecular complexity index is 332. The van der Waals surface area contributed by atoms with Crippen LogP contribution in [-0.4, -0.2) is 11.1 Å². The van der Waals surface area contributed by atoms with E-state index < -0.39 is 0 Å². The SMILES string of the molecule is Cc1cc(=O)n(CCN)cc1Br. The summed E-state index contributed by atoms with van der Waals surface area (Å²) < 4.78 is 2.53. The van der Waals surface area contributed by atoms with Crippen LogP contribution in [0.3, 0.4) is 0 Å². The number of hydrogen-bond donors (Lipinski definition) is 1. The van der Waals surface area contributed by atoms with Gasteiger partial charge in [0.05, 0.1) is 0 Å². The Balaban J connectivity index is 3.14. The molecule has 0 aliphatic heterocycles. The van der Waals surface area contributed by atoms with Crippen LogP contribution in [0.2, 0.25) is 0 Å². The Hall–Kier alpha value is -0.610. The van der Waals surface area contributed by atoms with Crippen molar-refractivity contribution in [1.82, 2.24) is 4.57 Å². The number of nitrogens with two attached hydrogens (primary N) is 1. The van der Waals surface area contributed by atoms with Crippen LogP contribution in [0.5, 0.6) is 0 Å². The van der Waals surface area contributed by atoms with Gasteiger partial charge in [0.1, 0.15) is 0 Å². The van der Waals surface area contributed by atoms with Crippen molar-refractivity contribution in [3.8, 4) is 0 Å². The van der Waals surface area contributed by atoms with Gasteiger partial charge in [-0.15, -0.1) is 0 Å². The summed E-state index contributed by atoms with van der Waals surface area (Å²) in [5, 5.41) is 0. The van der Waals surface area contributed by atoms with Gasteiger partial charge in [0.2, 0.25) is 0 Å². The van der Waals surface area contributed by atoms with Gasteiger partial charge < -0.3 is 10.3 Å². The molecule has 0 saturated carbocycles. The lowest BCUT2D eigenvalue weighted by atomic mass is 10.3. The molecule has 0 fully saturated rings. The van der Waals surface area contributed by atoms with Crippen LogP contribution < -0.4 is 11.3 Å². The van der Waals surface area contributed by atoms with Crippen molar-refractivity contribution in [3.05, 3.63) is 32.7 Å². The lowest BCUT2D eigenvalue weighted by Gasteiger charge is -2.04. The first kappa shape index (κ1) is 9.48. The molecule has 2 N–H and O–H groups in total. The highest BCUT2D eigenvalue weighted by Crippen LogP contribution is 2.11. The van der Waals surface area contributed by atoms with Gasteiger partial charge in [-0.1, -0.05) is 0 Å². The van der Waals surface area contributed by atoms with E-state index in [-0.39, 0.29) is 5.56 Å². The molecule has 3 nitrogen and oxygen atoms in total. The fourth-order valence-corrected chi connectivity index (χ4v) is 1.31. The molecule has 0 bridgehead atoms. The van der Waals surface area contributed by atoms with E-state index in [0.29, 0.717) is 13.1 Å². The quantitative estimate of drug-likeness (QED) is 0.821. The lowest BCUT2D eigenvalue weighted by molar-refractivity contribution is 0.677. The van der Waals surface area contributed by atoms with Crippen molar-refractivity contribution in [2.75, 3.05) is 6.54 Å². The molecular formula is C8H11BrN2O. The van der Waals surface area contributed by atoms with Crippen LogP contribution in [0.1, 0.15) is 5.56 Å². The maximum absolute atomic E-state index is 11.3. The molecule has 0 spiro atoms. The second-order valence-electron chi connectivity index (χ2n) is 2.62. The highest BCUT2D eigenvalue weighted by atomic mass is 79.9. The Morgan fingerprint density at radius 1 is 1.67 bits per heavy atom. The van der Waals surface area contributed by atoms with Crippen molar-refractivity contribution < 1.29 is 0 Å². The fraction of sp³-hybridized carbons (Fsp3) is 0.375. The predicted octanol–water partition coefficient (Wildman–Crippen LogP) is 0.878. The van der Waals surface area contributed by atoms with E-state index in [1.807, 2.05) is 6.92 Å². The molecule has 12 heavy (non-hydrogen) atoms. The molecule has 0 aromatic carbocycles. The van der Waals surface area contributed by atoms with E-state index in [2.05, 4.69) is 15.9 Å². The summed E-state index contributed by atoms with van der Waals surface area (Å²) in [6, 6.07) is 1.60. The number of rotatable bonds is 2. The van der Waals surface area contributed by atoms with Crippen LogP contribution in [-0.2, 0) is 6.54 Å². The summed E-state index contributed by atoms with van der Waals surface area (Å²) in [5.41, 5.74) is 6.30. The molecule has 66 valence electrons. The fourth-order valence-electron chi connectivity index (χ4n) is 0.953. The number of nitrogens with zero attached hydrogens (tertiary/aromatic N) is 1. The zero-order chi connectivity index (χ0) is 9.14. The maximum atomic E-state index is 11.3. The molecule has 0 saturated heterocycles. The van der Waals surface area contributed by atoms with Gasteiger partial charge in [-0.3, -0.25) is 4.79 Å². The third-order valence-electron chi connectivity index (χ3n) is 1.64. The Morgan fingerprint density at radius 2 is 2.33 bits per heavy atom. The second kappa shape index (κ2) is 3.87. The molecule has 1 aromatic rings. The summed E-state index contributed by atoms with van der Waals surface area (Å²) >= 11 is 3.35. The predicted molar refractivity (Wildman–Crippen MR) is 52.2 cm³/mol. The van der Waals surface area contributed by atoms with Crippen molar-refractivity contribution in [2.24, 2.45) is 5.73 Å². The number of aromatic nitrogens is 1. The van der Waals surface area contributed by atoms with Gasteiger partial charge in [0.25, 0.3) is 5.56 Å². The molecule has 0 unspecified atom stereocenters. The van der Waals surface area contributed by atoms with Gasteiger partial charge in [-0.2, -0.15) is 0 Å². The van der Waals surface area contributed by atoms with Gasteiger partial charge >= 0.3 is 0 Å². The van der Waals surface area contributed by atoms with Crippen LogP contribution in [0.15, 0.2) is 21.5 Å². The largest absolute Gasteiger partial charge is 0.329 e. The van der Waals surface area contributed by atoms with E-state index in [0.717, 1.165) is 10.0 Å².